The molecule has 70 valence electrons. The Hall–Kier alpha value is -1.31. The van der Waals surface area contributed by atoms with Crippen LogP contribution in [-0.2, 0) is 4.79 Å². The normalized spacial score (nSPS) is 17.8. The minimum Gasteiger partial charge on any atom is -0.478 e. The molecule has 0 bridgehead atoms. The third kappa shape index (κ3) is 2.58. The molecule has 0 aromatic heterocycles. The first-order valence-corrected chi connectivity index (χ1v) is 4.51. The molecule has 1 rings (SSSR count). The topological polar surface area (TPSA) is 37.3 Å². The summed E-state index contributed by atoms with van der Waals surface area (Å²) in [5, 5.41) is 8.90. The van der Waals surface area contributed by atoms with Crippen LogP contribution in [-0.4, -0.2) is 11.1 Å². The summed E-state index contributed by atoms with van der Waals surface area (Å²) in [5.41, 5.74) is 1.35. The molecule has 0 fully saturated rings. The van der Waals surface area contributed by atoms with E-state index in [2.05, 4.69) is 6.58 Å². The number of allylic oxidation sites excluding steroid dienone is 3. The molecule has 0 heterocycles. The molecule has 0 aliphatic heterocycles. The van der Waals surface area contributed by atoms with Crippen LogP contribution in [0.25, 0.3) is 0 Å². The van der Waals surface area contributed by atoms with E-state index in [-0.39, 0.29) is 0 Å². The van der Waals surface area contributed by atoms with E-state index >= 15 is 0 Å². The summed E-state index contributed by atoms with van der Waals surface area (Å²) in [6.45, 7) is 3.51. The largest absolute Gasteiger partial charge is 0.478 e. The van der Waals surface area contributed by atoms with Crippen molar-refractivity contribution in [3.63, 3.8) is 0 Å². The Labute approximate surface area is 78.3 Å². The van der Waals surface area contributed by atoms with E-state index in [0.717, 1.165) is 24.8 Å². The van der Waals surface area contributed by atoms with Gasteiger partial charge in [0.1, 0.15) is 0 Å². The number of hydrogen-bond acceptors (Lipinski definition) is 1. The van der Waals surface area contributed by atoms with Gasteiger partial charge in [-0.05, 0) is 37.3 Å². The average Bonchev–Trinajstić information content (AvgIpc) is 2.15. The Kier molecular flexibility index (Phi) is 3.50. The van der Waals surface area contributed by atoms with Gasteiger partial charge in [-0.2, -0.15) is 0 Å². The lowest BCUT2D eigenvalue weighted by Crippen LogP contribution is -2.05. The highest BCUT2D eigenvalue weighted by Gasteiger charge is 2.13. The van der Waals surface area contributed by atoms with Gasteiger partial charge in [0, 0.05) is 0 Å². The van der Waals surface area contributed by atoms with Crippen LogP contribution < -0.4 is 0 Å². The van der Waals surface area contributed by atoms with Crippen molar-refractivity contribution in [3.05, 3.63) is 36.0 Å². The van der Waals surface area contributed by atoms with Crippen LogP contribution in [0.15, 0.2) is 36.0 Å². The SMILES string of the molecule is C=C/C=C(\C(=O)O)C1=CCCCC1. The van der Waals surface area contributed by atoms with Gasteiger partial charge in [0.2, 0.25) is 0 Å². The zero-order valence-electron chi connectivity index (χ0n) is 7.62. The fraction of sp³-hybridized carbons (Fsp3) is 0.364. The Morgan fingerprint density at radius 3 is 2.77 bits per heavy atom. The van der Waals surface area contributed by atoms with Gasteiger partial charge >= 0.3 is 5.97 Å². The number of rotatable bonds is 3. The molecular weight excluding hydrogens is 164 g/mol. The lowest BCUT2D eigenvalue weighted by molar-refractivity contribution is -0.132. The maximum absolute atomic E-state index is 10.8. The summed E-state index contributed by atoms with van der Waals surface area (Å²) >= 11 is 0. The Morgan fingerprint density at radius 2 is 2.31 bits per heavy atom. The van der Waals surface area contributed by atoms with Gasteiger partial charge in [0.15, 0.2) is 0 Å². The standard InChI is InChI=1S/C11H14O2/c1-2-6-10(11(12)13)9-7-4-3-5-8-9/h2,6-7H,1,3-5,8H2,(H,12,13)/b10-6-. The molecule has 0 amide bonds. The van der Waals surface area contributed by atoms with Crippen molar-refractivity contribution in [3.8, 4) is 0 Å². The summed E-state index contributed by atoms with van der Waals surface area (Å²) in [4.78, 5) is 10.8. The summed E-state index contributed by atoms with van der Waals surface area (Å²) in [6, 6.07) is 0. The van der Waals surface area contributed by atoms with Crippen LogP contribution in [0.5, 0.6) is 0 Å². The van der Waals surface area contributed by atoms with Crippen molar-refractivity contribution in [1.82, 2.24) is 0 Å². The molecule has 1 aliphatic rings. The number of aliphatic carboxylic acids is 1. The van der Waals surface area contributed by atoms with Crippen LogP contribution in [0.1, 0.15) is 25.7 Å². The number of carboxylic acids is 1. The molecule has 0 atom stereocenters. The predicted octanol–water partition coefficient (Wildman–Crippen LogP) is 2.68. The Bertz CT molecular complexity index is 272. The Morgan fingerprint density at radius 1 is 1.54 bits per heavy atom. The zero-order valence-corrected chi connectivity index (χ0v) is 7.62. The first-order chi connectivity index (χ1) is 6.25. The second kappa shape index (κ2) is 4.65. The van der Waals surface area contributed by atoms with E-state index < -0.39 is 5.97 Å². The van der Waals surface area contributed by atoms with Crippen LogP contribution in [0.3, 0.4) is 0 Å². The summed E-state index contributed by atoms with van der Waals surface area (Å²) in [6.07, 6.45) is 9.26. The van der Waals surface area contributed by atoms with Crippen LogP contribution in [0.2, 0.25) is 0 Å². The predicted molar refractivity (Wildman–Crippen MR) is 52.5 cm³/mol. The maximum atomic E-state index is 10.8. The van der Waals surface area contributed by atoms with Crippen molar-refractivity contribution in [2.45, 2.75) is 25.7 Å². The third-order valence-corrected chi connectivity index (χ3v) is 2.15. The molecule has 1 N–H and O–H groups in total. The molecule has 0 spiro atoms. The first kappa shape index (κ1) is 9.78. The van der Waals surface area contributed by atoms with Gasteiger partial charge in [0.05, 0.1) is 5.57 Å². The van der Waals surface area contributed by atoms with E-state index in [1.165, 1.54) is 12.5 Å². The molecule has 0 aromatic rings. The highest BCUT2D eigenvalue weighted by molar-refractivity contribution is 5.92. The van der Waals surface area contributed by atoms with E-state index in [9.17, 15) is 4.79 Å². The summed E-state index contributed by atoms with van der Waals surface area (Å²) in [5.74, 6) is -0.854. The van der Waals surface area contributed by atoms with Crippen LogP contribution in [0.4, 0.5) is 0 Å². The van der Waals surface area contributed by atoms with Crippen molar-refractivity contribution in [2.75, 3.05) is 0 Å². The third-order valence-electron chi connectivity index (χ3n) is 2.15. The molecule has 2 heteroatoms. The van der Waals surface area contributed by atoms with Gasteiger partial charge in [-0.15, -0.1) is 0 Å². The van der Waals surface area contributed by atoms with Gasteiger partial charge < -0.3 is 5.11 Å². The van der Waals surface area contributed by atoms with Crippen molar-refractivity contribution in [1.29, 1.82) is 0 Å². The quantitative estimate of drug-likeness (QED) is 0.533. The minimum absolute atomic E-state index is 0.398. The average molecular weight is 178 g/mol. The second-order valence-electron chi connectivity index (χ2n) is 3.10. The van der Waals surface area contributed by atoms with Gasteiger partial charge in [0.25, 0.3) is 0 Å². The van der Waals surface area contributed by atoms with Gasteiger partial charge in [-0.1, -0.05) is 18.7 Å². The number of hydrogen-bond donors (Lipinski definition) is 1. The van der Waals surface area contributed by atoms with E-state index in [1.54, 1.807) is 6.08 Å². The molecule has 0 unspecified atom stereocenters. The van der Waals surface area contributed by atoms with Gasteiger partial charge in [-0.25, -0.2) is 4.79 Å². The molecule has 13 heavy (non-hydrogen) atoms. The molecule has 2 nitrogen and oxygen atoms in total. The van der Waals surface area contributed by atoms with Gasteiger partial charge in [-0.3, -0.25) is 0 Å². The molecule has 0 saturated heterocycles. The molecule has 0 saturated carbocycles. The minimum atomic E-state index is -0.854. The second-order valence-corrected chi connectivity index (χ2v) is 3.10. The monoisotopic (exact) mass is 178 g/mol. The Balaban J connectivity index is 2.86. The van der Waals surface area contributed by atoms with Crippen LogP contribution in [0, 0.1) is 0 Å². The fourth-order valence-corrected chi connectivity index (χ4v) is 1.52. The maximum Gasteiger partial charge on any atom is 0.335 e. The smallest absolute Gasteiger partial charge is 0.335 e. The highest BCUT2D eigenvalue weighted by Crippen LogP contribution is 2.23. The zero-order chi connectivity index (χ0) is 9.68. The van der Waals surface area contributed by atoms with E-state index in [0.29, 0.717) is 5.57 Å². The van der Waals surface area contributed by atoms with E-state index in [4.69, 9.17) is 5.11 Å². The molecule has 1 aliphatic carbocycles. The van der Waals surface area contributed by atoms with Crippen molar-refractivity contribution in [2.24, 2.45) is 0 Å². The number of carbonyl (C=O) groups is 1. The fourth-order valence-electron chi connectivity index (χ4n) is 1.52. The summed E-state index contributed by atoms with van der Waals surface area (Å²) in [7, 11) is 0. The number of carboxylic acid groups (broad SMARTS) is 1. The summed E-state index contributed by atoms with van der Waals surface area (Å²) < 4.78 is 0. The van der Waals surface area contributed by atoms with E-state index in [1.807, 2.05) is 6.08 Å². The lowest BCUT2D eigenvalue weighted by atomic mass is 9.93. The lowest BCUT2D eigenvalue weighted by Gasteiger charge is -2.12. The molecule has 0 radical (unpaired) electrons. The van der Waals surface area contributed by atoms with Crippen molar-refractivity contribution >= 4 is 5.97 Å². The highest BCUT2D eigenvalue weighted by atomic mass is 16.4. The molecule has 0 aromatic carbocycles. The molecular formula is C11H14O2. The first-order valence-electron chi connectivity index (χ1n) is 4.51. The van der Waals surface area contributed by atoms with Crippen molar-refractivity contribution < 1.29 is 9.90 Å². The van der Waals surface area contributed by atoms with Crippen LogP contribution >= 0.6 is 0 Å².